The van der Waals surface area contributed by atoms with Crippen LogP contribution in [-0.2, 0) is 87.6 Å². The number of nitrogens with zero attached hydrogens (tertiary/aromatic N) is 2. The molecule has 20 N–H and O–H groups in total. The van der Waals surface area contributed by atoms with Crippen molar-refractivity contribution in [1.29, 1.82) is 0 Å². The molecule has 2 aromatic carbocycles. The molecule has 0 spiro atoms. The van der Waals surface area contributed by atoms with Crippen LogP contribution in [0.4, 0.5) is 20.1 Å². The molecular formula is C86H127IN13O29S3+. The molecule has 132 heavy (non-hydrogen) atoms. The summed E-state index contributed by atoms with van der Waals surface area (Å²) in [7, 11) is 9.00. The maximum atomic E-state index is 14.6. The minimum absolute atomic E-state index is 0.0172. The first kappa shape index (κ1) is 111. The van der Waals surface area contributed by atoms with Gasteiger partial charge < -0.3 is 130 Å². The fourth-order valence-corrected chi connectivity index (χ4v) is 19.3. The molecule has 7 rings (SSSR count). The summed E-state index contributed by atoms with van der Waals surface area (Å²) in [6.45, 7) is 18.0. The first-order chi connectivity index (χ1) is 62.6. The van der Waals surface area contributed by atoms with Crippen LogP contribution >= 0.6 is 55.9 Å². The molecule has 0 radical (unpaired) electrons. The van der Waals surface area contributed by atoms with Gasteiger partial charge in [-0.25, -0.2) is 20.2 Å². The molecule has 5 aliphatic rings. The van der Waals surface area contributed by atoms with Crippen molar-refractivity contribution in [3.8, 4) is 35.2 Å². The normalized spacial score (nSPS) is 26.7. The van der Waals surface area contributed by atoms with Crippen molar-refractivity contribution >= 4 is 120 Å². The van der Waals surface area contributed by atoms with E-state index in [2.05, 4.69) is 60.2 Å². The molecule has 4 aliphatic heterocycles. The smallest absolute Gasteiger partial charge is 0.411 e. The summed E-state index contributed by atoms with van der Waals surface area (Å²) in [5.74, 6) is 5.82. The number of nitrogens with one attached hydrogen (secondary N) is 7. The molecule has 9 amide bonds. The van der Waals surface area contributed by atoms with Crippen LogP contribution in [0.5, 0.6) is 17.2 Å². The third kappa shape index (κ3) is 30.5. The van der Waals surface area contributed by atoms with E-state index in [1.807, 2.05) is 36.4 Å². The maximum Gasteiger partial charge on any atom is 0.411 e. The maximum absolute atomic E-state index is 14.6. The topological polar surface area (TPSA) is 597 Å². The molecular weight excluding hydrogens is 1900 g/mol. The number of aliphatic hydroxyl groups is 5. The van der Waals surface area contributed by atoms with Gasteiger partial charge in [-0.2, -0.15) is 0 Å². The molecule has 0 aromatic heterocycles. The molecule has 46 heteroatoms. The number of nitrogens with two attached hydrogens (primary N) is 4. The molecule has 22 atom stereocenters. The lowest BCUT2D eigenvalue weighted by Crippen LogP contribution is -2.59. The zero-order valence-electron chi connectivity index (χ0n) is 76.7. The summed E-state index contributed by atoms with van der Waals surface area (Å²) in [5.41, 5.74) is 17.7. The molecule has 0 saturated carbocycles. The number of ether oxygens (including phenoxy) is 13. The summed E-state index contributed by atoms with van der Waals surface area (Å²) in [5, 5.41) is 77.2. The molecule has 1 aliphatic carbocycles. The molecule has 1 unspecified atom stereocenters. The first-order valence-corrected chi connectivity index (χ1v) is 47.2. The predicted molar refractivity (Wildman–Crippen MR) is 493 cm³/mol. The van der Waals surface area contributed by atoms with Crippen LogP contribution in [-0.4, -0.2) is 289 Å². The van der Waals surface area contributed by atoms with Gasteiger partial charge in [0.2, 0.25) is 51.7 Å². The number of aliphatic hydroxyl groups excluding tert-OH is 4. The van der Waals surface area contributed by atoms with E-state index < -0.39 is 215 Å². The summed E-state index contributed by atoms with van der Waals surface area (Å²) in [6, 6.07) is 4.14. The average Bonchev–Trinajstić information content (AvgIpc) is 0.765. The number of methoxy groups -OCH3 is 5. The number of unbranched alkanes of at least 4 members (excludes halogenated alkanes) is 1. The number of rotatable bonds is 41. The zero-order valence-corrected chi connectivity index (χ0v) is 81.3. The number of anilines is 1. The van der Waals surface area contributed by atoms with Crippen molar-refractivity contribution in [1.82, 2.24) is 36.9 Å². The van der Waals surface area contributed by atoms with Crippen molar-refractivity contribution in [2.24, 2.45) is 34.9 Å². The SMILES string of the molecule is C/C=C\C#C[C@H](O[C@@H]1O[C@H](C)C(C#[N+]O[C@H]2C[C@H](O)[C@H](SC(=O)c3c(C)c(I)c(O[C@@H]4O[C@@H](C)[C@H](O)[C@@H](OC)[C@H]4O)c(OC)c3OC)[C@@H](C)O2)[C@H](O)[C@H]1O[C@H]1C[C@H](OC)[C@@H](N(CC)C(=O)OCc2ccc(NC(=O)[C@H](CCCNC(N)=O)NC(=O)[C@@H](NC(=O)[C@H](CCCCN)NC(C)=O)C(C)C)cc2)CO1)C1=C(NC(=O)OC)C(=O)C[C@](N)(O)/C1=C/CSSC(C)(C)CC(=O)NN. The highest BCUT2D eigenvalue weighted by Gasteiger charge is 2.54. The van der Waals surface area contributed by atoms with Gasteiger partial charge >= 0.3 is 24.3 Å². The number of hydrogen-bond donors (Lipinski definition) is 16. The molecule has 4 saturated heterocycles. The van der Waals surface area contributed by atoms with Crippen molar-refractivity contribution < 1.29 is 140 Å². The van der Waals surface area contributed by atoms with Gasteiger partial charge in [0.1, 0.15) is 67.1 Å². The Balaban J connectivity index is 1.13. The second kappa shape index (κ2) is 52.6. The number of carbonyl (C=O) groups excluding carboxylic acids is 10. The Hall–Kier alpha value is -8.45. The number of Topliss-reactive ketones (excluding diaryl/α,β-unsaturated/α-hetero) is 1. The Morgan fingerprint density at radius 1 is 0.826 bits per heavy atom. The van der Waals surface area contributed by atoms with Crippen LogP contribution in [0.25, 0.3) is 5.01 Å². The number of likely N-dealkylation sites (N-methyl/N-ethyl adjacent to an activating group) is 1. The van der Waals surface area contributed by atoms with E-state index in [0.29, 0.717) is 34.1 Å². The first-order valence-electron chi connectivity index (χ1n) is 42.9. The van der Waals surface area contributed by atoms with Gasteiger partial charge in [-0.1, -0.05) is 83.3 Å². The van der Waals surface area contributed by atoms with Crippen molar-refractivity contribution in [2.45, 2.75) is 273 Å². The second-order valence-corrected chi connectivity index (χ2v) is 37.9. The van der Waals surface area contributed by atoms with Crippen molar-refractivity contribution in [3.05, 3.63) is 84.6 Å². The van der Waals surface area contributed by atoms with E-state index >= 15 is 0 Å². The second-order valence-electron chi connectivity index (χ2n) is 32.7. The number of hydrazine groups is 1. The molecule has 2 aromatic rings. The van der Waals surface area contributed by atoms with E-state index in [1.54, 1.807) is 78.8 Å². The number of halogens is 1. The van der Waals surface area contributed by atoms with Crippen LogP contribution in [0.2, 0.25) is 0 Å². The van der Waals surface area contributed by atoms with Crippen LogP contribution in [0.15, 0.2) is 59.3 Å². The molecule has 4 fully saturated rings. The van der Waals surface area contributed by atoms with Gasteiger partial charge in [0.25, 0.3) is 6.29 Å². The summed E-state index contributed by atoms with van der Waals surface area (Å²) >= 11 is 2.73. The number of amides is 9. The third-order valence-electron chi connectivity index (χ3n) is 22.0. The summed E-state index contributed by atoms with van der Waals surface area (Å²) in [6.07, 6.45) is -16.6. The fraction of sp³-hybridized carbons (Fsp3) is 0.640. The Kier molecular flexibility index (Phi) is 44.0. The number of allylic oxidation sites excluding steroid dienone is 3. The van der Waals surface area contributed by atoms with Gasteiger partial charge in [0.15, 0.2) is 35.8 Å². The van der Waals surface area contributed by atoms with Gasteiger partial charge in [-0.3, -0.25) is 50.0 Å². The number of benzene rings is 2. The number of thioether (sulfide) groups is 1. The standard InChI is InChI=1S/C86H126IN13O29S3/c1-17-19-20-26-57(63-51(31-34-130-132-85(10,11)38-59(104)99-91)86(90,115)37-56(103)66(63)98-83(113)120-16)126-81-73(68(106)50(44(6)124-81)39-93-129-61-35-55(102)75(46(8)123-61)131-79(111)62-43(5)64(87)71(74(119-15)70(62)117-13)128-80-69(107)72(118-14)67(105)45(7)125-80)127-60-36-58(116-12)54(41-121-60)100(18-2)84(114)122-40-48-27-29-49(30-28-48)95-76(108)53(25-23-33-92-82(89)112)96-78(110)65(42(3)4)97-77(109)52(94-47(9)101)24-21-22-32-88/h17,19,27-31,42,44-46,50,52-55,57-58,60-61,65,67-69,72-73,75,80-81,102,105-107,115H,18,21-25,32-38,40-41,88,90-91H2,1-16H3,(H8-,89,92,94,95,96,97,98,99,101,104,108,109,110,112,113)/p+1/b19-17-,51-31+/t44-,45+,46-,50?,52+,53+,54+,55+,57+,58+,60+,61+,65+,67+,68+,69-,72-,73-,75-,80+,81+,86+/m1/s1. The quantitative estimate of drug-likeness (QED) is 0.00660. The van der Waals surface area contributed by atoms with Crippen molar-refractivity contribution in [2.75, 3.05) is 72.9 Å². The minimum Gasteiger partial charge on any atom is -0.492 e. The third-order valence-corrected chi connectivity index (χ3v) is 27.8. The minimum atomic E-state index is -2.46. The number of ketones is 1. The summed E-state index contributed by atoms with van der Waals surface area (Å²) in [4.78, 5) is 141. The molecule has 0 bridgehead atoms. The highest BCUT2D eigenvalue weighted by atomic mass is 127. The van der Waals surface area contributed by atoms with E-state index in [1.165, 1.54) is 80.9 Å². The number of alkyl carbamates (subject to hydrolysis) is 1. The fourth-order valence-electron chi connectivity index (χ4n) is 15.1. The van der Waals surface area contributed by atoms with E-state index in [9.17, 15) is 73.5 Å². The zero-order chi connectivity index (χ0) is 97.8. The molecule has 734 valence electrons. The van der Waals surface area contributed by atoms with Crippen LogP contribution < -0.4 is 74.6 Å². The largest absolute Gasteiger partial charge is 0.492 e. The monoisotopic (exact) mass is 2030 g/mol. The van der Waals surface area contributed by atoms with E-state index in [-0.39, 0.29) is 110 Å². The number of hydrogen-bond acceptors (Lipinski definition) is 35. The summed E-state index contributed by atoms with van der Waals surface area (Å²) < 4.78 is 78.5. The molecule has 4 heterocycles. The highest BCUT2D eigenvalue weighted by molar-refractivity contribution is 14.1. The predicted octanol–water partition coefficient (Wildman–Crippen LogP) is 3.68. The average molecular weight is 2030 g/mol. The van der Waals surface area contributed by atoms with Crippen LogP contribution in [0.1, 0.15) is 149 Å². The van der Waals surface area contributed by atoms with Crippen LogP contribution in [0, 0.1) is 40.2 Å². The number of carbonyl (C=O) groups is 10. The van der Waals surface area contributed by atoms with E-state index in [4.69, 9.17) is 89.5 Å². The van der Waals surface area contributed by atoms with Gasteiger partial charge in [-0.05, 0) is 152 Å². The lowest BCUT2D eigenvalue weighted by Gasteiger charge is -2.45. The Labute approximate surface area is 792 Å². The number of primary amides is 1. The van der Waals surface area contributed by atoms with Gasteiger partial charge in [0, 0.05) is 80.8 Å². The lowest BCUT2D eigenvalue weighted by molar-refractivity contribution is -0.328. The highest BCUT2D eigenvalue weighted by Crippen LogP contribution is 2.50. The van der Waals surface area contributed by atoms with Crippen molar-refractivity contribution in [3.63, 3.8) is 0 Å². The molecule has 42 nitrogen and oxygen atoms in total. The van der Waals surface area contributed by atoms with Gasteiger partial charge in [-0.15, -0.1) is 4.84 Å². The Morgan fingerprint density at radius 2 is 1.51 bits per heavy atom. The van der Waals surface area contributed by atoms with E-state index in [0.717, 1.165) is 18.9 Å². The lowest BCUT2D eigenvalue weighted by atomic mass is 9.80. The van der Waals surface area contributed by atoms with Crippen LogP contribution in [0.3, 0.4) is 0 Å². The van der Waals surface area contributed by atoms with Gasteiger partial charge in [0.05, 0.1) is 91.0 Å². The number of urea groups is 1. The Bertz CT molecular complexity index is 4520. The Morgan fingerprint density at radius 3 is 2.12 bits per heavy atom.